The first kappa shape index (κ1) is 13.8. The third kappa shape index (κ3) is 2.85. The normalized spacial score (nSPS) is 10.3. The number of benzene rings is 1. The maximum absolute atomic E-state index is 12.1. The van der Waals surface area contributed by atoms with Crippen molar-refractivity contribution in [3.05, 3.63) is 47.3 Å². The lowest BCUT2D eigenvalue weighted by Crippen LogP contribution is -2.17. The Bertz CT molecular complexity index is 644. The molecule has 20 heavy (non-hydrogen) atoms. The van der Waals surface area contributed by atoms with Crippen LogP contribution in [0.15, 0.2) is 30.5 Å². The maximum Gasteiger partial charge on any atom is 0.271 e. The lowest BCUT2D eigenvalue weighted by Gasteiger charge is -2.04. The Kier molecular flexibility index (Phi) is 3.84. The van der Waals surface area contributed by atoms with E-state index in [1.165, 1.54) is 0 Å². The van der Waals surface area contributed by atoms with E-state index in [-0.39, 0.29) is 11.6 Å². The van der Waals surface area contributed by atoms with E-state index in [1.54, 1.807) is 23.0 Å². The van der Waals surface area contributed by atoms with Crippen molar-refractivity contribution in [3.63, 3.8) is 0 Å². The molecular formula is C14H16N4O2. The van der Waals surface area contributed by atoms with E-state index >= 15 is 0 Å². The second kappa shape index (κ2) is 5.56. The van der Waals surface area contributed by atoms with Crippen molar-refractivity contribution < 1.29 is 9.59 Å². The molecule has 0 saturated heterocycles. The van der Waals surface area contributed by atoms with Crippen LogP contribution in [-0.4, -0.2) is 21.6 Å². The summed E-state index contributed by atoms with van der Waals surface area (Å²) in [5.41, 5.74) is 7.21. The quantitative estimate of drug-likeness (QED) is 0.885. The largest absolute Gasteiger partial charge is 0.364 e. The van der Waals surface area contributed by atoms with Gasteiger partial charge in [-0.05, 0) is 26.0 Å². The van der Waals surface area contributed by atoms with E-state index in [0.29, 0.717) is 17.8 Å². The fourth-order valence-electron chi connectivity index (χ4n) is 1.76. The molecule has 2 amide bonds. The molecule has 1 aromatic heterocycles. The number of nitrogens with zero attached hydrogens (tertiary/aromatic N) is 2. The first-order valence-electron chi connectivity index (χ1n) is 6.26. The Labute approximate surface area is 116 Å². The Morgan fingerprint density at radius 1 is 1.30 bits per heavy atom. The Morgan fingerprint density at radius 3 is 2.50 bits per heavy atom. The van der Waals surface area contributed by atoms with Crippen LogP contribution in [-0.2, 0) is 6.54 Å². The molecule has 0 atom stereocenters. The highest BCUT2D eigenvalue weighted by molar-refractivity contribution is 6.07. The number of nitrogens with one attached hydrogen (secondary N) is 1. The molecule has 0 saturated carbocycles. The monoisotopic (exact) mass is 272 g/mol. The molecule has 2 rings (SSSR count). The molecule has 1 aromatic carbocycles. The van der Waals surface area contributed by atoms with Crippen molar-refractivity contribution in [3.8, 4) is 0 Å². The predicted octanol–water partition coefficient (Wildman–Crippen LogP) is 1.56. The second-order valence-corrected chi connectivity index (χ2v) is 4.43. The number of hydrogen-bond donors (Lipinski definition) is 2. The van der Waals surface area contributed by atoms with Gasteiger partial charge in [-0.25, -0.2) is 0 Å². The Balaban J connectivity index is 2.25. The van der Waals surface area contributed by atoms with Gasteiger partial charge in [-0.1, -0.05) is 17.7 Å². The highest BCUT2D eigenvalue weighted by Crippen LogP contribution is 2.15. The van der Waals surface area contributed by atoms with Crippen LogP contribution in [0.5, 0.6) is 0 Å². The molecule has 0 aliphatic heterocycles. The number of aryl methyl sites for hydroxylation is 2. The third-order valence-corrected chi connectivity index (χ3v) is 2.88. The molecule has 6 nitrogen and oxygen atoms in total. The van der Waals surface area contributed by atoms with Gasteiger partial charge in [0.1, 0.15) is 0 Å². The molecule has 1 heterocycles. The standard InChI is InChI=1S/C14H16N4O2/c1-3-18-8-11(12(17-18)13(15)19)16-14(20)10-6-4-9(2)5-7-10/h4-8H,3H2,1-2H3,(H2,15,19)(H,16,20). The summed E-state index contributed by atoms with van der Waals surface area (Å²) in [5, 5.41) is 6.68. The fourth-order valence-corrected chi connectivity index (χ4v) is 1.76. The summed E-state index contributed by atoms with van der Waals surface area (Å²) < 4.78 is 1.55. The SMILES string of the molecule is CCn1cc(NC(=O)c2ccc(C)cc2)c(C(N)=O)n1. The van der Waals surface area contributed by atoms with Crippen LogP contribution < -0.4 is 11.1 Å². The van der Waals surface area contributed by atoms with Crippen LogP contribution >= 0.6 is 0 Å². The average Bonchev–Trinajstić information content (AvgIpc) is 2.82. The number of nitrogens with two attached hydrogens (primary N) is 1. The third-order valence-electron chi connectivity index (χ3n) is 2.88. The lowest BCUT2D eigenvalue weighted by atomic mass is 10.1. The van der Waals surface area contributed by atoms with Gasteiger partial charge in [0.25, 0.3) is 11.8 Å². The fraction of sp³-hybridized carbons (Fsp3) is 0.214. The zero-order chi connectivity index (χ0) is 14.7. The van der Waals surface area contributed by atoms with Gasteiger partial charge in [0.15, 0.2) is 5.69 Å². The predicted molar refractivity (Wildman–Crippen MR) is 75.6 cm³/mol. The minimum absolute atomic E-state index is 0.0623. The summed E-state index contributed by atoms with van der Waals surface area (Å²) in [6.45, 7) is 4.40. The molecule has 2 aromatic rings. The van der Waals surface area contributed by atoms with E-state index in [4.69, 9.17) is 5.73 Å². The molecule has 0 spiro atoms. The van der Waals surface area contributed by atoms with Crippen molar-refractivity contribution in [1.82, 2.24) is 9.78 Å². The smallest absolute Gasteiger partial charge is 0.271 e. The minimum Gasteiger partial charge on any atom is -0.364 e. The average molecular weight is 272 g/mol. The van der Waals surface area contributed by atoms with Crippen molar-refractivity contribution in [2.24, 2.45) is 5.73 Å². The molecule has 0 aliphatic carbocycles. The summed E-state index contributed by atoms with van der Waals surface area (Å²) in [4.78, 5) is 23.4. The van der Waals surface area contributed by atoms with Crippen molar-refractivity contribution in [2.75, 3.05) is 5.32 Å². The highest BCUT2D eigenvalue weighted by atomic mass is 16.2. The van der Waals surface area contributed by atoms with E-state index in [2.05, 4.69) is 10.4 Å². The van der Waals surface area contributed by atoms with Crippen molar-refractivity contribution >= 4 is 17.5 Å². The number of amides is 2. The van der Waals surface area contributed by atoms with Gasteiger partial charge in [0, 0.05) is 18.3 Å². The number of anilines is 1. The summed E-state index contributed by atoms with van der Waals surface area (Å²) >= 11 is 0. The van der Waals surface area contributed by atoms with Crippen LogP contribution in [0.2, 0.25) is 0 Å². The zero-order valence-electron chi connectivity index (χ0n) is 11.4. The number of carbonyl (C=O) groups excluding carboxylic acids is 2. The first-order valence-corrected chi connectivity index (χ1v) is 6.26. The van der Waals surface area contributed by atoms with Crippen LogP contribution in [0.3, 0.4) is 0 Å². The summed E-state index contributed by atoms with van der Waals surface area (Å²) in [6, 6.07) is 7.14. The number of hydrogen-bond acceptors (Lipinski definition) is 3. The zero-order valence-corrected chi connectivity index (χ0v) is 11.4. The van der Waals surface area contributed by atoms with Crippen LogP contribution in [0.4, 0.5) is 5.69 Å². The number of rotatable bonds is 4. The molecule has 0 unspecified atom stereocenters. The van der Waals surface area contributed by atoms with Gasteiger partial charge in [0.2, 0.25) is 0 Å². The topological polar surface area (TPSA) is 90.0 Å². The molecule has 6 heteroatoms. The summed E-state index contributed by atoms with van der Waals surface area (Å²) in [7, 11) is 0. The van der Waals surface area contributed by atoms with Crippen LogP contribution in [0, 0.1) is 6.92 Å². The molecule has 0 aliphatic rings. The molecule has 0 bridgehead atoms. The molecular weight excluding hydrogens is 256 g/mol. The van der Waals surface area contributed by atoms with Crippen molar-refractivity contribution in [2.45, 2.75) is 20.4 Å². The van der Waals surface area contributed by atoms with E-state index < -0.39 is 5.91 Å². The highest BCUT2D eigenvalue weighted by Gasteiger charge is 2.16. The second-order valence-electron chi connectivity index (χ2n) is 4.43. The van der Waals surface area contributed by atoms with Gasteiger partial charge in [-0.3, -0.25) is 14.3 Å². The number of primary amides is 1. The van der Waals surface area contributed by atoms with Crippen LogP contribution in [0.25, 0.3) is 0 Å². The van der Waals surface area contributed by atoms with E-state index in [9.17, 15) is 9.59 Å². The molecule has 3 N–H and O–H groups in total. The summed E-state index contributed by atoms with van der Waals surface area (Å²) in [6.07, 6.45) is 1.59. The first-order chi connectivity index (χ1) is 9.51. The van der Waals surface area contributed by atoms with Gasteiger partial charge >= 0.3 is 0 Å². The van der Waals surface area contributed by atoms with Gasteiger partial charge < -0.3 is 11.1 Å². The minimum atomic E-state index is -0.670. The van der Waals surface area contributed by atoms with Crippen LogP contribution in [0.1, 0.15) is 33.3 Å². The molecule has 0 radical (unpaired) electrons. The van der Waals surface area contributed by atoms with Gasteiger partial charge in [0.05, 0.1) is 5.69 Å². The molecule has 104 valence electrons. The maximum atomic E-state index is 12.1. The Hall–Kier alpha value is -2.63. The van der Waals surface area contributed by atoms with E-state index in [0.717, 1.165) is 5.56 Å². The number of carbonyl (C=O) groups is 2. The summed E-state index contributed by atoms with van der Waals surface area (Å²) in [5.74, 6) is -0.973. The lowest BCUT2D eigenvalue weighted by molar-refractivity contribution is 0.0995. The number of aromatic nitrogens is 2. The molecule has 0 fully saturated rings. The van der Waals surface area contributed by atoms with Crippen molar-refractivity contribution in [1.29, 1.82) is 0 Å². The van der Waals surface area contributed by atoms with Gasteiger partial charge in [-0.2, -0.15) is 5.10 Å². The Morgan fingerprint density at radius 2 is 1.95 bits per heavy atom. The van der Waals surface area contributed by atoms with E-state index in [1.807, 2.05) is 26.0 Å². The van der Waals surface area contributed by atoms with Gasteiger partial charge in [-0.15, -0.1) is 0 Å².